The predicted molar refractivity (Wildman–Crippen MR) is 128 cm³/mol. The lowest BCUT2D eigenvalue weighted by Crippen LogP contribution is -2.30. The van der Waals surface area contributed by atoms with Crippen LogP contribution in [0.3, 0.4) is 0 Å². The van der Waals surface area contributed by atoms with Gasteiger partial charge in [0.25, 0.3) is 0 Å². The summed E-state index contributed by atoms with van der Waals surface area (Å²) in [5.41, 5.74) is 2.27. The molecule has 3 aromatic rings. The van der Waals surface area contributed by atoms with Gasteiger partial charge in [-0.2, -0.15) is 0 Å². The van der Waals surface area contributed by atoms with E-state index < -0.39 is 22.0 Å². The van der Waals surface area contributed by atoms with Gasteiger partial charge in [-0.15, -0.1) is 0 Å². The van der Waals surface area contributed by atoms with E-state index in [-0.39, 0.29) is 30.3 Å². The molecule has 1 atom stereocenters. The van der Waals surface area contributed by atoms with E-state index >= 15 is 0 Å². The summed E-state index contributed by atoms with van der Waals surface area (Å²) in [6.45, 7) is 3.05. The van der Waals surface area contributed by atoms with Gasteiger partial charge in [0, 0.05) is 12.0 Å². The molecule has 0 aliphatic carbocycles. The van der Waals surface area contributed by atoms with Crippen LogP contribution in [-0.2, 0) is 19.6 Å². The third-order valence-electron chi connectivity index (χ3n) is 5.12. The fourth-order valence-electron chi connectivity index (χ4n) is 3.21. The second kappa shape index (κ2) is 11.6. The van der Waals surface area contributed by atoms with Crippen molar-refractivity contribution in [3.05, 3.63) is 95.6 Å². The van der Waals surface area contributed by atoms with Gasteiger partial charge in [0.05, 0.1) is 17.5 Å². The van der Waals surface area contributed by atoms with Crippen molar-refractivity contribution < 1.29 is 27.5 Å². The lowest BCUT2D eigenvalue weighted by atomic mass is 10.1. The van der Waals surface area contributed by atoms with Crippen molar-refractivity contribution in [2.45, 2.75) is 31.2 Å². The number of rotatable bonds is 11. The largest absolute Gasteiger partial charge is 0.482 e. The molecular weight excluding hydrogens is 454 g/mol. The molecule has 0 amide bonds. The van der Waals surface area contributed by atoms with Crippen LogP contribution >= 0.6 is 0 Å². The topological polar surface area (TPSA) is 98.8 Å². The minimum atomic E-state index is -3.77. The number of ketones is 1. The molecule has 1 N–H and O–H groups in total. The van der Waals surface area contributed by atoms with Gasteiger partial charge in [-0.3, -0.25) is 4.79 Å². The van der Waals surface area contributed by atoms with E-state index in [9.17, 15) is 18.0 Å². The number of carbonyl (C=O) groups is 2. The summed E-state index contributed by atoms with van der Waals surface area (Å²) in [5.74, 6) is -0.198. The zero-order valence-corrected chi connectivity index (χ0v) is 19.9. The molecule has 0 heterocycles. The minimum Gasteiger partial charge on any atom is -0.482 e. The van der Waals surface area contributed by atoms with Crippen molar-refractivity contribution in [2.75, 3.05) is 13.2 Å². The third kappa shape index (κ3) is 7.26. The predicted octanol–water partition coefficient (Wildman–Crippen LogP) is 4.23. The van der Waals surface area contributed by atoms with Crippen molar-refractivity contribution in [3.63, 3.8) is 0 Å². The van der Waals surface area contributed by atoms with E-state index in [4.69, 9.17) is 9.47 Å². The van der Waals surface area contributed by atoms with Crippen molar-refractivity contribution >= 4 is 21.8 Å². The second-order valence-corrected chi connectivity index (χ2v) is 9.49. The van der Waals surface area contributed by atoms with Crippen LogP contribution in [-0.4, -0.2) is 33.4 Å². The maximum atomic E-state index is 12.9. The van der Waals surface area contributed by atoms with Gasteiger partial charge in [0.2, 0.25) is 10.0 Å². The monoisotopic (exact) mass is 481 g/mol. The van der Waals surface area contributed by atoms with Crippen LogP contribution in [0.15, 0.2) is 83.8 Å². The summed E-state index contributed by atoms with van der Waals surface area (Å²) in [4.78, 5) is 23.6. The number of hydrogen-bond acceptors (Lipinski definition) is 6. The number of hydrogen-bond donors (Lipinski definition) is 1. The standard InChI is InChI=1S/C26H27NO6S/c1-19-8-14-24(15-9-19)34(30,31)27-25(22-6-4-3-5-7-22)16-17-32-26(29)18-33-23-12-10-21(11-13-23)20(2)28/h3-15,25,27H,16-18H2,1-2H3/t25-/m1/s1. The molecule has 8 heteroatoms. The number of Topliss-reactive ketones (excluding diaryl/α,β-unsaturated/α-hetero) is 1. The van der Waals surface area contributed by atoms with Crippen LogP contribution in [0.5, 0.6) is 5.75 Å². The van der Waals surface area contributed by atoms with Crippen LogP contribution in [0, 0.1) is 6.92 Å². The molecule has 0 aliphatic heterocycles. The Hall–Kier alpha value is -3.49. The smallest absolute Gasteiger partial charge is 0.344 e. The number of benzene rings is 3. The van der Waals surface area contributed by atoms with Gasteiger partial charge in [-0.1, -0.05) is 48.0 Å². The van der Waals surface area contributed by atoms with Gasteiger partial charge in [-0.25, -0.2) is 17.9 Å². The fraction of sp³-hybridized carbons (Fsp3) is 0.231. The zero-order chi connectivity index (χ0) is 24.6. The molecule has 0 bridgehead atoms. The second-order valence-electron chi connectivity index (χ2n) is 7.78. The van der Waals surface area contributed by atoms with Gasteiger partial charge >= 0.3 is 5.97 Å². The summed E-state index contributed by atoms with van der Waals surface area (Å²) in [6.07, 6.45) is 0.244. The normalized spacial score (nSPS) is 12.1. The summed E-state index contributed by atoms with van der Waals surface area (Å²) < 4.78 is 39.1. The Labute approximate surface area is 199 Å². The van der Waals surface area contributed by atoms with Crippen LogP contribution < -0.4 is 9.46 Å². The first-order valence-electron chi connectivity index (χ1n) is 10.8. The number of carbonyl (C=O) groups excluding carboxylic acids is 2. The van der Waals surface area contributed by atoms with Crippen molar-refractivity contribution in [3.8, 4) is 5.75 Å². The highest BCUT2D eigenvalue weighted by Gasteiger charge is 2.22. The fourth-order valence-corrected chi connectivity index (χ4v) is 4.47. The Bertz CT molecular complexity index is 1210. The quantitative estimate of drug-likeness (QED) is 0.325. The van der Waals surface area contributed by atoms with E-state index in [1.807, 2.05) is 37.3 Å². The Balaban J connectivity index is 1.57. The highest BCUT2D eigenvalue weighted by molar-refractivity contribution is 7.89. The Morgan fingerprint density at radius 2 is 1.56 bits per heavy atom. The number of ether oxygens (including phenoxy) is 2. The molecule has 0 aromatic heterocycles. The molecule has 0 unspecified atom stereocenters. The maximum Gasteiger partial charge on any atom is 0.344 e. The lowest BCUT2D eigenvalue weighted by molar-refractivity contribution is -0.146. The summed E-state index contributed by atoms with van der Waals surface area (Å²) in [6, 6.07) is 21.6. The third-order valence-corrected chi connectivity index (χ3v) is 6.61. The van der Waals surface area contributed by atoms with Gasteiger partial charge in [0.15, 0.2) is 12.4 Å². The first kappa shape index (κ1) is 25.1. The first-order chi connectivity index (χ1) is 16.2. The molecular formula is C26H27NO6S. The van der Waals surface area contributed by atoms with Crippen LogP contribution in [0.2, 0.25) is 0 Å². The lowest BCUT2D eigenvalue weighted by Gasteiger charge is -2.19. The van der Waals surface area contributed by atoms with Crippen molar-refractivity contribution in [2.24, 2.45) is 0 Å². The van der Waals surface area contributed by atoms with Gasteiger partial charge in [-0.05, 0) is 55.8 Å². The van der Waals surface area contributed by atoms with Crippen LogP contribution in [0.1, 0.15) is 40.9 Å². The molecule has 0 aliphatic rings. The SMILES string of the molecule is CC(=O)c1ccc(OCC(=O)OCC[C@@H](NS(=O)(=O)c2ccc(C)cc2)c2ccccc2)cc1. The zero-order valence-electron chi connectivity index (χ0n) is 19.1. The summed E-state index contributed by atoms with van der Waals surface area (Å²) >= 11 is 0. The number of nitrogens with one attached hydrogen (secondary N) is 1. The van der Waals surface area contributed by atoms with Crippen molar-refractivity contribution in [1.82, 2.24) is 4.72 Å². The summed E-state index contributed by atoms with van der Waals surface area (Å²) in [5, 5.41) is 0. The number of sulfonamides is 1. The molecule has 0 spiro atoms. The van der Waals surface area contributed by atoms with Crippen molar-refractivity contribution in [1.29, 1.82) is 0 Å². The van der Waals surface area contributed by atoms with Gasteiger partial charge < -0.3 is 9.47 Å². The van der Waals surface area contributed by atoms with E-state index in [1.165, 1.54) is 6.92 Å². The highest BCUT2D eigenvalue weighted by atomic mass is 32.2. The average molecular weight is 482 g/mol. The Kier molecular flexibility index (Phi) is 8.56. The van der Waals surface area contributed by atoms with Crippen LogP contribution in [0.4, 0.5) is 0 Å². The average Bonchev–Trinajstić information content (AvgIpc) is 2.83. The Morgan fingerprint density at radius 1 is 0.912 bits per heavy atom. The molecule has 0 saturated carbocycles. The highest BCUT2D eigenvalue weighted by Crippen LogP contribution is 2.21. The maximum absolute atomic E-state index is 12.9. The van der Waals surface area contributed by atoms with E-state index in [1.54, 1.807) is 48.5 Å². The van der Waals surface area contributed by atoms with E-state index in [0.717, 1.165) is 11.1 Å². The Morgan fingerprint density at radius 3 is 2.18 bits per heavy atom. The van der Waals surface area contributed by atoms with E-state index in [2.05, 4.69) is 4.72 Å². The molecule has 34 heavy (non-hydrogen) atoms. The molecule has 0 saturated heterocycles. The number of esters is 1. The first-order valence-corrected chi connectivity index (χ1v) is 12.3. The van der Waals surface area contributed by atoms with E-state index in [0.29, 0.717) is 11.3 Å². The molecule has 7 nitrogen and oxygen atoms in total. The summed E-state index contributed by atoms with van der Waals surface area (Å²) in [7, 11) is -3.77. The molecule has 178 valence electrons. The minimum absolute atomic E-state index is 0.00143. The molecule has 0 radical (unpaired) electrons. The molecule has 0 fully saturated rings. The molecule has 3 rings (SSSR count). The van der Waals surface area contributed by atoms with Gasteiger partial charge in [0.1, 0.15) is 5.75 Å². The number of aryl methyl sites for hydroxylation is 1. The molecule has 3 aromatic carbocycles. The van der Waals surface area contributed by atoms with Crippen LogP contribution in [0.25, 0.3) is 0 Å².